The standard InChI is InChI=1S/C21H29NO2.C8H7F2NO.CH3Br/c1-16-15-19(18(16)11-14-22)24-20(23)21(12-7-2-3-8-13-21)17-9-5-4-6-10-17;1-5(12)11-7-4-2-3-6(9)8(7)10;1-2/h4-6,9-10,18-19H,1-3,7-8,11-15,22H2;2-4H,1H3,(H,11,12);1H3/p+1. The molecule has 2 aliphatic carbocycles. The lowest BCUT2D eigenvalue weighted by Gasteiger charge is -2.41. The quantitative estimate of drug-likeness (QED) is 0.177. The number of carbonyl (C=O) groups is 2. The van der Waals surface area contributed by atoms with Gasteiger partial charge in [0.2, 0.25) is 5.91 Å². The summed E-state index contributed by atoms with van der Waals surface area (Å²) in [7, 11) is 0. The molecule has 0 spiro atoms. The molecule has 5 nitrogen and oxygen atoms in total. The van der Waals surface area contributed by atoms with Crippen molar-refractivity contribution in [3.8, 4) is 0 Å². The Kier molecular flexibility index (Phi) is 13.1. The summed E-state index contributed by atoms with van der Waals surface area (Å²) in [5.41, 5.74) is 5.69. The van der Waals surface area contributed by atoms with Crippen molar-refractivity contribution in [2.75, 3.05) is 17.7 Å². The summed E-state index contributed by atoms with van der Waals surface area (Å²) in [5, 5.41) is 2.16. The average molecular weight is 595 g/mol. The summed E-state index contributed by atoms with van der Waals surface area (Å²) < 4.78 is 31.3. The summed E-state index contributed by atoms with van der Waals surface area (Å²) >= 11 is 2.94. The van der Waals surface area contributed by atoms with E-state index in [0.717, 1.165) is 56.7 Å². The molecule has 2 aliphatic rings. The Hall–Kier alpha value is -2.58. The fourth-order valence-corrected chi connectivity index (χ4v) is 5.13. The summed E-state index contributed by atoms with van der Waals surface area (Å²) in [6.07, 6.45) is 8.24. The van der Waals surface area contributed by atoms with Crippen LogP contribution in [0.4, 0.5) is 14.5 Å². The third-order valence-corrected chi connectivity index (χ3v) is 7.15. The van der Waals surface area contributed by atoms with Gasteiger partial charge >= 0.3 is 5.97 Å². The highest BCUT2D eigenvalue weighted by atomic mass is 79.9. The highest BCUT2D eigenvalue weighted by Gasteiger charge is 2.45. The molecular weight excluding hydrogens is 554 g/mol. The van der Waals surface area contributed by atoms with Crippen LogP contribution < -0.4 is 11.1 Å². The van der Waals surface area contributed by atoms with E-state index in [1.807, 2.05) is 24.0 Å². The molecule has 2 fully saturated rings. The molecule has 2 aromatic rings. The van der Waals surface area contributed by atoms with Gasteiger partial charge in [-0.3, -0.25) is 9.59 Å². The van der Waals surface area contributed by atoms with E-state index in [4.69, 9.17) is 4.74 Å². The Bertz CT molecular complexity index is 1060. The van der Waals surface area contributed by atoms with Gasteiger partial charge in [0.15, 0.2) is 11.6 Å². The number of rotatable bonds is 6. The van der Waals surface area contributed by atoms with Crippen molar-refractivity contribution in [1.82, 2.24) is 0 Å². The molecule has 0 aromatic heterocycles. The smallest absolute Gasteiger partial charge is 0.316 e. The second kappa shape index (κ2) is 15.7. The first kappa shape index (κ1) is 31.6. The third-order valence-electron chi connectivity index (χ3n) is 7.15. The monoisotopic (exact) mass is 593 g/mol. The third kappa shape index (κ3) is 8.21. The van der Waals surface area contributed by atoms with E-state index in [1.165, 1.54) is 37.5 Å². The van der Waals surface area contributed by atoms with Crippen molar-refractivity contribution in [2.45, 2.75) is 69.8 Å². The molecule has 38 heavy (non-hydrogen) atoms. The second-order valence-electron chi connectivity index (χ2n) is 9.70. The van der Waals surface area contributed by atoms with Crippen LogP contribution in [0.15, 0.2) is 60.7 Å². The number of halogens is 3. The van der Waals surface area contributed by atoms with Crippen LogP contribution in [0.3, 0.4) is 0 Å². The van der Waals surface area contributed by atoms with Crippen LogP contribution in [0, 0.1) is 17.6 Å². The highest BCUT2D eigenvalue weighted by Crippen LogP contribution is 2.43. The van der Waals surface area contributed by atoms with Gasteiger partial charge in [0.25, 0.3) is 0 Å². The molecule has 8 heteroatoms. The zero-order chi connectivity index (χ0) is 28.1. The van der Waals surface area contributed by atoms with Crippen LogP contribution in [0.5, 0.6) is 0 Å². The molecule has 2 unspecified atom stereocenters. The number of quaternary nitrogens is 1. The number of benzene rings is 2. The van der Waals surface area contributed by atoms with Crippen molar-refractivity contribution in [1.29, 1.82) is 0 Å². The van der Waals surface area contributed by atoms with E-state index in [0.29, 0.717) is 5.92 Å². The van der Waals surface area contributed by atoms with Crippen LogP contribution in [0.1, 0.15) is 63.9 Å². The number of esters is 1. The minimum atomic E-state index is -1.03. The SMILES string of the molecule is C=C1CC(OC(=O)C2(c3ccccc3)CCCCCC2)C1CC[NH3+].CBr.CC(=O)Nc1cccc(F)c1F. The molecule has 0 heterocycles. The molecule has 2 saturated carbocycles. The first-order valence-electron chi connectivity index (χ1n) is 13.1. The van der Waals surface area contributed by atoms with Crippen molar-refractivity contribution < 1.29 is 28.8 Å². The highest BCUT2D eigenvalue weighted by molar-refractivity contribution is 9.08. The largest absolute Gasteiger partial charge is 0.461 e. The number of hydrogen-bond acceptors (Lipinski definition) is 3. The van der Waals surface area contributed by atoms with Crippen LogP contribution in [-0.2, 0) is 19.7 Å². The number of hydrogen-bond donors (Lipinski definition) is 2. The number of ether oxygens (including phenoxy) is 1. The maximum Gasteiger partial charge on any atom is 0.316 e. The van der Waals surface area contributed by atoms with Gasteiger partial charge in [-0.2, -0.15) is 0 Å². The second-order valence-corrected chi connectivity index (χ2v) is 9.70. The molecule has 0 aliphatic heterocycles. The molecule has 1 amide bonds. The van der Waals surface area contributed by atoms with Gasteiger partial charge in [0.1, 0.15) is 6.10 Å². The molecule has 4 N–H and O–H groups in total. The van der Waals surface area contributed by atoms with Crippen molar-refractivity contribution >= 4 is 33.5 Å². The van der Waals surface area contributed by atoms with Gasteiger partial charge in [0.05, 0.1) is 17.6 Å². The van der Waals surface area contributed by atoms with Crippen LogP contribution in [0.2, 0.25) is 0 Å². The van der Waals surface area contributed by atoms with Crippen LogP contribution in [0.25, 0.3) is 0 Å². The lowest BCUT2D eigenvalue weighted by atomic mass is 9.72. The van der Waals surface area contributed by atoms with E-state index < -0.39 is 23.0 Å². The Balaban J connectivity index is 0.000000305. The molecule has 4 rings (SSSR count). The zero-order valence-corrected chi connectivity index (χ0v) is 24.0. The number of alkyl halides is 1. The predicted octanol–water partition coefficient (Wildman–Crippen LogP) is 6.33. The van der Waals surface area contributed by atoms with E-state index in [1.54, 1.807) is 0 Å². The molecule has 0 radical (unpaired) electrons. The van der Waals surface area contributed by atoms with Gasteiger partial charge in [-0.25, -0.2) is 8.78 Å². The minimum Gasteiger partial charge on any atom is -0.461 e. The predicted molar refractivity (Wildman–Crippen MR) is 151 cm³/mol. The number of anilines is 1. The number of nitrogens with one attached hydrogen (secondary N) is 1. The van der Waals surface area contributed by atoms with Gasteiger partial charge in [-0.15, -0.1) is 0 Å². The van der Waals surface area contributed by atoms with E-state index in [9.17, 15) is 18.4 Å². The summed E-state index contributed by atoms with van der Waals surface area (Å²) in [6, 6.07) is 13.9. The van der Waals surface area contributed by atoms with E-state index in [-0.39, 0.29) is 17.8 Å². The maximum atomic E-state index is 13.3. The van der Waals surface area contributed by atoms with Crippen LogP contribution in [-0.4, -0.2) is 30.4 Å². The molecule has 0 bridgehead atoms. The van der Waals surface area contributed by atoms with Crippen molar-refractivity contribution in [3.05, 3.63) is 77.9 Å². The lowest BCUT2D eigenvalue weighted by Crippen LogP contribution is -2.53. The number of amides is 1. The van der Waals surface area contributed by atoms with Gasteiger partial charge in [-0.1, -0.05) is 90.2 Å². The average Bonchev–Trinajstić information content (AvgIpc) is 3.19. The normalized spacial score (nSPS) is 19.8. The first-order chi connectivity index (χ1) is 18.3. The van der Waals surface area contributed by atoms with Crippen molar-refractivity contribution in [2.24, 2.45) is 5.92 Å². The Morgan fingerprint density at radius 3 is 2.24 bits per heavy atom. The lowest BCUT2D eigenvalue weighted by molar-refractivity contribution is -0.371. The van der Waals surface area contributed by atoms with E-state index >= 15 is 0 Å². The first-order valence-corrected chi connectivity index (χ1v) is 14.7. The molecule has 2 aromatic carbocycles. The van der Waals surface area contributed by atoms with Gasteiger partial charge < -0.3 is 15.8 Å². The minimum absolute atomic E-state index is 0.00981. The fourth-order valence-electron chi connectivity index (χ4n) is 5.13. The number of carbonyl (C=O) groups excluding carboxylic acids is 2. The molecule has 208 valence electrons. The summed E-state index contributed by atoms with van der Waals surface area (Å²) in [6.45, 7) is 6.19. The fraction of sp³-hybridized carbons (Fsp3) is 0.467. The summed E-state index contributed by atoms with van der Waals surface area (Å²) in [4.78, 5) is 23.7. The molecular formula is C30H40BrF2N2O3+. The van der Waals surface area contributed by atoms with Gasteiger partial charge in [0, 0.05) is 25.7 Å². The van der Waals surface area contributed by atoms with E-state index in [2.05, 4.69) is 45.7 Å². The molecule has 0 saturated heterocycles. The summed E-state index contributed by atoms with van der Waals surface area (Å²) in [5.74, 6) is -0.326. The van der Waals surface area contributed by atoms with Crippen LogP contribution >= 0.6 is 15.9 Å². The molecule has 2 atom stereocenters. The maximum absolute atomic E-state index is 13.3. The Labute approximate surface area is 233 Å². The Morgan fingerprint density at radius 1 is 1.05 bits per heavy atom. The van der Waals surface area contributed by atoms with Gasteiger partial charge in [-0.05, 0) is 36.4 Å². The zero-order valence-electron chi connectivity index (χ0n) is 22.4. The van der Waals surface area contributed by atoms with Crippen molar-refractivity contribution in [3.63, 3.8) is 0 Å². The topological polar surface area (TPSA) is 83.0 Å². The Morgan fingerprint density at radius 2 is 1.68 bits per heavy atom.